The summed E-state index contributed by atoms with van der Waals surface area (Å²) >= 11 is 0. The fourth-order valence-corrected chi connectivity index (χ4v) is 9.81. The van der Waals surface area contributed by atoms with Gasteiger partial charge in [0, 0.05) is 22.5 Å². The number of anilines is 3. The first kappa shape index (κ1) is 26.4. The zero-order valence-electron chi connectivity index (χ0n) is 33.5. The molecule has 0 saturated heterocycles. The van der Waals surface area contributed by atoms with E-state index in [1.807, 2.05) is 53.4 Å². The van der Waals surface area contributed by atoms with Crippen molar-refractivity contribution in [3.63, 3.8) is 0 Å². The topological polar surface area (TPSA) is 3.24 Å². The Morgan fingerprint density at radius 1 is 0.377 bits per heavy atom. The van der Waals surface area contributed by atoms with E-state index in [0.717, 1.165) is 44.8 Å². The Kier molecular flexibility index (Phi) is 5.48. The summed E-state index contributed by atoms with van der Waals surface area (Å²) in [5.74, 6) is 0. The molecule has 0 fully saturated rings. The maximum Gasteiger partial charge on any atom is 0.0726 e. The second-order valence-corrected chi connectivity index (χ2v) is 14.9. The Morgan fingerprint density at radius 2 is 0.849 bits per heavy atom. The van der Waals surface area contributed by atoms with Crippen molar-refractivity contribution in [2.45, 2.75) is 24.7 Å². The quantitative estimate of drug-likeness (QED) is 0.179. The Bertz CT molecular complexity index is 2910. The molecule has 0 aliphatic heterocycles. The van der Waals surface area contributed by atoms with Crippen LogP contribution in [-0.4, -0.2) is 0 Å². The molecule has 1 heteroatoms. The fourth-order valence-electron chi connectivity index (χ4n) is 9.81. The lowest BCUT2D eigenvalue weighted by molar-refractivity contribution is 0.662. The van der Waals surface area contributed by atoms with Crippen LogP contribution in [0.3, 0.4) is 0 Å². The van der Waals surface area contributed by atoms with E-state index in [2.05, 4.69) is 129 Å². The largest absolute Gasteiger partial charge is 0.310 e. The molecular formula is C52H37N. The summed E-state index contributed by atoms with van der Waals surface area (Å²) in [7, 11) is 0. The van der Waals surface area contributed by atoms with Crippen LogP contribution in [0, 0.1) is 0 Å². The molecule has 250 valence electrons. The van der Waals surface area contributed by atoms with E-state index in [9.17, 15) is 5.48 Å². The molecular weight excluding hydrogens is 639 g/mol. The van der Waals surface area contributed by atoms with Crippen molar-refractivity contribution in [1.82, 2.24) is 0 Å². The van der Waals surface area contributed by atoms with E-state index < -0.39 is 10.8 Å². The van der Waals surface area contributed by atoms with Gasteiger partial charge in [-0.3, -0.25) is 0 Å². The number of benzene rings is 8. The third-order valence-electron chi connectivity index (χ3n) is 11.9. The summed E-state index contributed by atoms with van der Waals surface area (Å²) < 4.78 is 38.9. The predicted octanol–water partition coefficient (Wildman–Crippen LogP) is 13.5. The summed E-state index contributed by atoms with van der Waals surface area (Å²) in [5, 5.41) is 0. The van der Waals surface area contributed by atoms with Gasteiger partial charge in [0.15, 0.2) is 0 Å². The van der Waals surface area contributed by atoms with Gasteiger partial charge in [0.25, 0.3) is 0 Å². The lowest BCUT2D eigenvalue weighted by Gasteiger charge is -2.32. The zero-order valence-corrected chi connectivity index (χ0v) is 29.5. The molecule has 0 amide bonds. The van der Waals surface area contributed by atoms with Gasteiger partial charge in [-0.15, -0.1) is 0 Å². The van der Waals surface area contributed by atoms with Crippen LogP contribution in [0.2, 0.25) is 0 Å². The second-order valence-electron chi connectivity index (χ2n) is 14.9. The van der Waals surface area contributed by atoms with E-state index in [4.69, 9.17) is 0 Å². The minimum absolute atomic E-state index is 0.0595. The predicted molar refractivity (Wildman–Crippen MR) is 220 cm³/mol. The first-order valence-electron chi connectivity index (χ1n) is 20.4. The third kappa shape index (κ3) is 4.02. The summed E-state index contributed by atoms with van der Waals surface area (Å²) in [4.78, 5) is 1.92. The molecule has 8 aromatic rings. The first-order valence-corrected chi connectivity index (χ1v) is 18.4. The highest BCUT2D eigenvalue weighted by Gasteiger charge is 2.51. The molecule has 1 spiro atoms. The number of nitrogens with zero attached hydrogens (tertiary/aromatic N) is 1. The monoisotopic (exact) mass is 679 g/mol. The highest BCUT2D eigenvalue weighted by Crippen LogP contribution is 2.63. The Labute approximate surface area is 317 Å². The highest BCUT2D eigenvalue weighted by atomic mass is 15.1. The van der Waals surface area contributed by atoms with Crippen molar-refractivity contribution in [1.29, 1.82) is 0 Å². The molecule has 3 aliphatic rings. The van der Waals surface area contributed by atoms with Gasteiger partial charge in [-0.1, -0.05) is 165 Å². The smallest absolute Gasteiger partial charge is 0.0726 e. The minimum atomic E-state index is -0.575. The average molecular weight is 680 g/mol. The van der Waals surface area contributed by atoms with Crippen molar-refractivity contribution in [2.24, 2.45) is 0 Å². The van der Waals surface area contributed by atoms with Crippen molar-refractivity contribution >= 4 is 17.1 Å². The summed E-state index contributed by atoms with van der Waals surface area (Å²) in [5.41, 5.74) is 15.8. The summed E-state index contributed by atoms with van der Waals surface area (Å²) in [6, 6.07) is 56.5. The van der Waals surface area contributed by atoms with E-state index >= 15 is 0 Å². The van der Waals surface area contributed by atoms with Gasteiger partial charge in [-0.05, 0) is 114 Å². The van der Waals surface area contributed by atoms with Crippen molar-refractivity contribution in [3.8, 4) is 44.5 Å². The van der Waals surface area contributed by atoms with Gasteiger partial charge in [-0.2, -0.15) is 0 Å². The van der Waals surface area contributed by atoms with Gasteiger partial charge < -0.3 is 4.90 Å². The molecule has 0 unspecified atom stereocenters. The maximum absolute atomic E-state index is 9.76. The van der Waals surface area contributed by atoms with Crippen LogP contribution in [0.15, 0.2) is 188 Å². The fraction of sp³-hybridized carbons (Fsp3) is 0.0769. The minimum Gasteiger partial charge on any atom is -0.310 e. The van der Waals surface area contributed by atoms with Gasteiger partial charge in [0.2, 0.25) is 0 Å². The van der Waals surface area contributed by atoms with Gasteiger partial charge >= 0.3 is 0 Å². The number of hydrogen-bond donors (Lipinski definition) is 0. The normalized spacial score (nSPS) is 15.6. The molecule has 1 nitrogen and oxygen atoms in total. The molecule has 0 bridgehead atoms. The Balaban J connectivity index is 1.16. The number of fused-ring (bicyclic) bond motifs is 13. The molecule has 3 aliphatic carbocycles. The Morgan fingerprint density at radius 3 is 1.45 bits per heavy atom. The van der Waals surface area contributed by atoms with Crippen molar-refractivity contribution in [2.75, 3.05) is 4.90 Å². The van der Waals surface area contributed by atoms with Gasteiger partial charge in [-0.25, -0.2) is 0 Å². The van der Waals surface area contributed by atoms with Crippen molar-refractivity contribution in [3.05, 3.63) is 221 Å². The molecule has 0 N–H and O–H groups in total. The zero-order chi connectivity index (χ0) is 38.8. The van der Waals surface area contributed by atoms with Crippen LogP contribution in [0.4, 0.5) is 17.1 Å². The summed E-state index contributed by atoms with van der Waals surface area (Å²) in [6.45, 7) is 4.37. The SMILES string of the molecule is [2H]c1c([2H])c(N(c2ccccc2)c2ccc3c(c2)C2(c4ccccc4-c4ccccc42)c2ccccc2-3)c([2H])c([2H])c1-c1cccc2c1C(C)(C)c1ccccc1-2. The standard InChI is InChI=1S/C52H37N/c1-51(2)45-23-10-6-20-42(45)44-22-14-21-38(50(44)51)34-27-29-36(30-28-34)53(35-15-4-3-5-16-35)37-31-32-43-41-19-9-13-26-48(41)52(49(43)33-37)46-24-11-7-17-39(46)40-18-8-12-25-47(40)52/h3-33H,1-2H3/i27D,28D,29D,30D. The maximum atomic E-state index is 9.76. The molecule has 0 atom stereocenters. The third-order valence-corrected chi connectivity index (χ3v) is 11.9. The molecule has 11 rings (SSSR count). The van der Waals surface area contributed by atoms with E-state index in [-0.39, 0.29) is 29.9 Å². The first-order chi connectivity index (χ1) is 27.7. The van der Waals surface area contributed by atoms with Gasteiger partial charge in [0.05, 0.1) is 10.9 Å². The van der Waals surface area contributed by atoms with Crippen LogP contribution in [0.25, 0.3) is 44.5 Å². The average Bonchev–Trinajstić information content (AvgIpc) is 3.81. The van der Waals surface area contributed by atoms with E-state index in [0.29, 0.717) is 5.56 Å². The summed E-state index contributed by atoms with van der Waals surface area (Å²) in [6.07, 6.45) is 0. The molecule has 0 radical (unpaired) electrons. The lowest BCUT2D eigenvalue weighted by atomic mass is 9.70. The van der Waals surface area contributed by atoms with E-state index in [1.165, 1.54) is 38.9 Å². The molecule has 0 aromatic heterocycles. The molecule has 0 heterocycles. The highest BCUT2D eigenvalue weighted by molar-refractivity contribution is 5.96. The molecule has 8 aromatic carbocycles. The number of para-hydroxylation sites is 1. The van der Waals surface area contributed by atoms with Crippen LogP contribution < -0.4 is 4.90 Å². The number of rotatable bonds is 4. The van der Waals surface area contributed by atoms with Crippen molar-refractivity contribution < 1.29 is 5.48 Å². The van der Waals surface area contributed by atoms with Crippen LogP contribution in [-0.2, 0) is 10.8 Å². The Hall–Kier alpha value is -6.44. The van der Waals surface area contributed by atoms with E-state index in [1.54, 1.807) is 0 Å². The molecule has 53 heavy (non-hydrogen) atoms. The molecule has 0 saturated carbocycles. The van der Waals surface area contributed by atoms with Crippen LogP contribution >= 0.6 is 0 Å². The lowest BCUT2D eigenvalue weighted by Crippen LogP contribution is -2.26. The van der Waals surface area contributed by atoms with Gasteiger partial charge in [0.1, 0.15) is 0 Å². The van der Waals surface area contributed by atoms with Crippen LogP contribution in [0.1, 0.15) is 52.7 Å². The second kappa shape index (κ2) is 11.0. The van der Waals surface area contributed by atoms with Crippen LogP contribution in [0.5, 0.6) is 0 Å². The number of hydrogen-bond acceptors (Lipinski definition) is 1.